The average molecular weight is 430 g/mol. The number of Topliss-reactive ketones (excluding diaryl/α,β-unsaturated/α-hetero) is 1. The molecule has 0 saturated carbocycles. The fourth-order valence-electron chi connectivity index (χ4n) is 4.06. The number of carbonyl (C=O) groups excluding carboxylic acids is 1. The van der Waals surface area contributed by atoms with E-state index in [0.29, 0.717) is 13.1 Å². The van der Waals surface area contributed by atoms with Crippen LogP contribution in [0.3, 0.4) is 0 Å². The zero-order valence-electron chi connectivity index (χ0n) is 18.1. The first-order chi connectivity index (χ1) is 16.3. The van der Waals surface area contributed by atoms with Gasteiger partial charge in [-0.1, -0.05) is 60.7 Å². The van der Waals surface area contributed by atoms with E-state index < -0.39 is 0 Å². The predicted octanol–water partition coefficient (Wildman–Crippen LogP) is 5.45. The molecule has 1 saturated heterocycles. The Morgan fingerprint density at radius 1 is 0.606 bits per heavy atom. The molecular weight excluding hydrogens is 406 g/mol. The summed E-state index contributed by atoms with van der Waals surface area (Å²) in [6.07, 6.45) is 7.53. The van der Waals surface area contributed by atoms with Gasteiger partial charge in [-0.25, -0.2) is 0 Å². The minimum absolute atomic E-state index is 0.0698. The van der Waals surface area contributed by atoms with Crippen molar-refractivity contribution < 1.29 is 4.79 Å². The fraction of sp³-hybridized carbons (Fsp3) is 0.0690. The summed E-state index contributed by atoms with van der Waals surface area (Å²) in [5.74, 6) is 0.0698. The number of nitrogens with zero attached hydrogens (tertiary/aromatic N) is 2. The fourth-order valence-corrected chi connectivity index (χ4v) is 4.06. The summed E-state index contributed by atoms with van der Waals surface area (Å²) in [5, 5.41) is 3.39. The van der Waals surface area contributed by atoms with Gasteiger partial charge >= 0.3 is 0 Å². The molecule has 4 heteroatoms. The van der Waals surface area contributed by atoms with E-state index in [-0.39, 0.29) is 5.78 Å². The van der Waals surface area contributed by atoms with Gasteiger partial charge in [-0.3, -0.25) is 14.8 Å². The summed E-state index contributed by atoms with van der Waals surface area (Å²) in [6.45, 7) is 1.07. The molecule has 0 bridgehead atoms. The van der Waals surface area contributed by atoms with Crippen molar-refractivity contribution in [1.29, 1.82) is 0 Å². The van der Waals surface area contributed by atoms with Crippen molar-refractivity contribution in [3.05, 3.63) is 120 Å². The number of hydrogen-bond acceptors (Lipinski definition) is 4. The molecule has 4 nitrogen and oxygen atoms in total. The van der Waals surface area contributed by atoms with Crippen molar-refractivity contribution in [2.75, 3.05) is 13.1 Å². The third kappa shape index (κ3) is 4.56. The molecule has 0 spiro atoms. The molecule has 1 aliphatic heterocycles. The minimum atomic E-state index is 0.0698. The van der Waals surface area contributed by atoms with Crippen molar-refractivity contribution in [3.63, 3.8) is 0 Å². The van der Waals surface area contributed by atoms with Crippen LogP contribution in [0.25, 0.3) is 34.7 Å². The lowest BCUT2D eigenvalue weighted by molar-refractivity contribution is -0.112. The number of rotatable bonds is 4. The van der Waals surface area contributed by atoms with Gasteiger partial charge in [-0.05, 0) is 47.5 Å². The predicted molar refractivity (Wildman–Crippen MR) is 133 cm³/mol. The molecule has 1 aliphatic rings. The summed E-state index contributed by atoms with van der Waals surface area (Å²) < 4.78 is 0. The maximum absolute atomic E-state index is 13.4. The Balaban J connectivity index is 1.50. The Morgan fingerprint density at radius 3 is 1.52 bits per heavy atom. The molecule has 1 N–H and O–H groups in total. The van der Waals surface area contributed by atoms with Crippen LogP contribution in [0.2, 0.25) is 0 Å². The Morgan fingerprint density at radius 2 is 1.06 bits per heavy atom. The number of aromatic nitrogens is 2. The van der Waals surface area contributed by atoms with Crippen LogP contribution in [-0.2, 0) is 4.79 Å². The van der Waals surface area contributed by atoms with E-state index in [1.807, 2.05) is 97.1 Å². The molecule has 0 radical (unpaired) electrons. The molecule has 0 amide bonds. The maximum Gasteiger partial charge on any atom is 0.187 e. The van der Waals surface area contributed by atoms with Gasteiger partial charge in [0.05, 0.1) is 11.4 Å². The van der Waals surface area contributed by atoms with E-state index in [9.17, 15) is 4.79 Å². The first-order valence-electron chi connectivity index (χ1n) is 11.0. The Hall–Kier alpha value is -4.15. The lowest BCUT2D eigenvalue weighted by Gasteiger charge is -2.19. The molecule has 0 atom stereocenters. The normalized spacial score (nSPS) is 16.3. The van der Waals surface area contributed by atoms with Gasteiger partial charge in [0.2, 0.25) is 0 Å². The molecule has 2 aromatic heterocycles. The summed E-state index contributed by atoms with van der Waals surface area (Å²) in [5.41, 5.74) is 7.25. The van der Waals surface area contributed by atoms with Gasteiger partial charge in [-0.15, -0.1) is 0 Å². The zero-order chi connectivity index (χ0) is 22.5. The van der Waals surface area contributed by atoms with Crippen LogP contribution < -0.4 is 5.32 Å². The highest BCUT2D eigenvalue weighted by atomic mass is 16.1. The summed E-state index contributed by atoms with van der Waals surface area (Å²) in [6, 6.07) is 27.8. The van der Waals surface area contributed by atoms with Gasteiger partial charge in [0.15, 0.2) is 5.78 Å². The number of benzene rings is 2. The number of hydrogen-bond donors (Lipinski definition) is 1. The molecular formula is C29H23N3O. The zero-order valence-corrected chi connectivity index (χ0v) is 18.1. The Kier molecular flexibility index (Phi) is 6.00. The lowest BCUT2D eigenvalue weighted by Crippen LogP contribution is -2.32. The molecule has 2 aromatic carbocycles. The largest absolute Gasteiger partial charge is 0.308 e. The van der Waals surface area contributed by atoms with Gasteiger partial charge < -0.3 is 5.32 Å². The molecule has 4 aromatic rings. The van der Waals surface area contributed by atoms with Crippen molar-refractivity contribution >= 4 is 17.9 Å². The van der Waals surface area contributed by atoms with Crippen LogP contribution in [0.5, 0.6) is 0 Å². The third-order valence-electron chi connectivity index (χ3n) is 5.68. The first-order valence-corrected chi connectivity index (χ1v) is 11.0. The summed E-state index contributed by atoms with van der Waals surface area (Å²) in [7, 11) is 0. The standard InChI is InChI=1S/C29H23N3O/c33-29-23(17-21-9-1-3-11-25(21)27-13-5-7-15-31-27)19-30-20-24(29)18-22-10-2-4-12-26(22)28-14-6-8-16-32-28/h1-18,30H,19-20H2. The summed E-state index contributed by atoms with van der Waals surface area (Å²) >= 11 is 0. The molecule has 3 heterocycles. The monoisotopic (exact) mass is 429 g/mol. The van der Waals surface area contributed by atoms with Gasteiger partial charge in [-0.2, -0.15) is 0 Å². The second kappa shape index (κ2) is 9.55. The Bertz CT molecular complexity index is 1240. The van der Waals surface area contributed by atoms with Crippen LogP contribution in [0.4, 0.5) is 0 Å². The summed E-state index contributed by atoms with van der Waals surface area (Å²) in [4.78, 5) is 22.4. The van der Waals surface area contributed by atoms with Crippen LogP contribution >= 0.6 is 0 Å². The highest BCUT2D eigenvalue weighted by Gasteiger charge is 2.21. The van der Waals surface area contributed by atoms with Gasteiger partial charge in [0, 0.05) is 47.8 Å². The van der Waals surface area contributed by atoms with Crippen LogP contribution in [0.1, 0.15) is 11.1 Å². The average Bonchev–Trinajstić information content (AvgIpc) is 2.88. The van der Waals surface area contributed by atoms with E-state index >= 15 is 0 Å². The van der Waals surface area contributed by atoms with Crippen molar-refractivity contribution in [2.24, 2.45) is 0 Å². The molecule has 5 rings (SSSR count). The highest BCUT2D eigenvalue weighted by molar-refractivity contribution is 6.15. The molecule has 160 valence electrons. The number of piperidine rings is 1. The van der Waals surface area contributed by atoms with Gasteiger partial charge in [0.1, 0.15) is 0 Å². The third-order valence-corrected chi connectivity index (χ3v) is 5.68. The lowest BCUT2D eigenvalue weighted by atomic mass is 9.93. The molecule has 1 fully saturated rings. The number of ketones is 1. The Labute approximate surface area is 193 Å². The number of carbonyl (C=O) groups is 1. The molecule has 33 heavy (non-hydrogen) atoms. The van der Waals surface area contributed by atoms with E-state index in [4.69, 9.17) is 0 Å². The smallest absolute Gasteiger partial charge is 0.187 e. The topological polar surface area (TPSA) is 54.9 Å². The van der Waals surface area contributed by atoms with Crippen LogP contribution in [0, 0.1) is 0 Å². The van der Waals surface area contributed by atoms with Crippen LogP contribution in [0.15, 0.2) is 108 Å². The van der Waals surface area contributed by atoms with E-state index in [2.05, 4.69) is 15.3 Å². The van der Waals surface area contributed by atoms with E-state index in [1.54, 1.807) is 12.4 Å². The second-order valence-electron chi connectivity index (χ2n) is 7.88. The van der Waals surface area contributed by atoms with Crippen molar-refractivity contribution in [3.8, 4) is 22.5 Å². The van der Waals surface area contributed by atoms with Crippen LogP contribution in [-0.4, -0.2) is 28.8 Å². The van der Waals surface area contributed by atoms with Crippen molar-refractivity contribution in [1.82, 2.24) is 15.3 Å². The molecule has 0 aliphatic carbocycles. The first kappa shape index (κ1) is 20.7. The maximum atomic E-state index is 13.4. The second-order valence-corrected chi connectivity index (χ2v) is 7.88. The van der Waals surface area contributed by atoms with Gasteiger partial charge in [0.25, 0.3) is 0 Å². The number of pyridine rings is 2. The molecule has 0 unspecified atom stereocenters. The highest BCUT2D eigenvalue weighted by Crippen LogP contribution is 2.27. The van der Waals surface area contributed by atoms with E-state index in [0.717, 1.165) is 44.8 Å². The number of nitrogens with one attached hydrogen (secondary N) is 1. The van der Waals surface area contributed by atoms with E-state index in [1.165, 1.54) is 0 Å². The SMILES string of the molecule is O=C1C(=Cc2ccccc2-c2ccccn2)CNCC1=Cc1ccccc1-c1ccccn1. The minimum Gasteiger partial charge on any atom is -0.308 e. The quantitative estimate of drug-likeness (QED) is 0.438. The van der Waals surface area contributed by atoms with Crippen molar-refractivity contribution in [2.45, 2.75) is 0 Å².